The van der Waals surface area contributed by atoms with Crippen LogP contribution in [-0.2, 0) is 19.1 Å². The van der Waals surface area contributed by atoms with Crippen LogP contribution in [-0.4, -0.2) is 34.9 Å². The Kier molecular flexibility index (Phi) is 3.75. The Morgan fingerprint density at radius 1 is 1.41 bits per heavy atom. The summed E-state index contributed by atoms with van der Waals surface area (Å²) in [6, 6.07) is 0. The fourth-order valence-corrected chi connectivity index (χ4v) is 5.10. The molecule has 3 rings (SSSR count). The van der Waals surface area contributed by atoms with Crippen molar-refractivity contribution in [3.05, 3.63) is 0 Å². The highest BCUT2D eigenvalue weighted by Gasteiger charge is 2.60. The highest BCUT2D eigenvalue weighted by atomic mass is 16.6. The lowest BCUT2D eigenvalue weighted by molar-refractivity contribution is -0.167. The average Bonchev–Trinajstić information content (AvgIpc) is 2.82. The lowest BCUT2D eigenvalue weighted by atomic mass is 9.75. The summed E-state index contributed by atoms with van der Waals surface area (Å²) in [5.74, 6) is -0.231. The van der Waals surface area contributed by atoms with Crippen molar-refractivity contribution in [2.75, 3.05) is 0 Å². The van der Waals surface area contributed by atoms with E-state index in [0.29, 0.717) is 6.42 Å². The minimum Gasteiger partial charge on any atom is -0.462 e. The summed E-state index contributed by atoms with van der Waals surface area (Å²) in [5, 5.41) is 10.4. The van der Waals surface area contributed by atoms with E-state index in [2.05, 4.69) is 0 Å². The van der Waals surface area contributed by atoms with Crippen molar-refractivity contribution in [1.82, 2.24) is 0 Å². The van der Waals surface area contributed by atoms with Gasteiger partial charge in [0.15, 0.2) is 0 Å². The molecule has 0 radical (unpaired) electrons. The monoisotopic (exact) mass is 310 g/mol. The van der Waals surface area contributed by atoms with Crippen LogP contribution in [0, 0.1) is 29.6 Å². The largest absolute Gasteiger partial charge is 0.462 e. The third-order valence-electron chi connectivity index (χ3n) is 6.38. The summed E-state index contributed by atoms with van der Waals surface area (Å²) in [6.45, 7) is 7.35. The standard InChI is InChI=1S/C17H26O5/c1-8-11-5-6-17(4,22-10(3)18)12-7-13(19)9(2)14(12)15(11)21-16(8)20/h8-9,11-15,19H,5-7H2,1-4H3/t8-,9+,11?,12+,13+,14-,15-,17+/m0/s1. The lowest BCUT2D eigenvalue weighted by Gasteiger charge is -2.38. The topological polar surface area (TPSA) is 72.8 Å². The normalized spacial score (nSPS) is 50.8. The Morgan fingerprint density at radius 2 is 2.09 bits per heavy atom. The Balaban J connectivity index is 1.98. The number of fused-ring (bicyclic) bond motifs is 3. The van der Waals surface area contributed by atoms with E-state index in [9.17, 15) is 14.7 Å². The summed E-state index contributed by atoms with van der Waals surface area (Å²) in [4.78, 5) is 23.6. The molecule has 0 bridgehead atoms. The fourth-order valence-electron chi connectivity index (χ4n) is 5.10. The fraction of sp³-hybridized carbons (Fsp3) is 0.882. The number of aliphatic hydroxyl groups is 1. The molecule has 1 aliphatic heterocycles. The third-order valence-corrected chi connectivity index (χ3v) is 6.38. The Bertz CT molecular complexity index is 489. The van der Waals surface area contributed by atoms with Crippen molar-refractivity contribution >= 4 is 11.9 Å². The van der Waals surface area contributed by atoms with Crippen molar-refractivity contribution in [2.24, 2.45) is 29.6 Å². The van der Waals surface area contributed by atoms with Crippen LogP contribution in [0.1, 0.15) is 47.0 Å². The minimum atomic E-state index is -0.585. The molecule has 0 spiro atoms. The average molecular weight is 310 g/mol. The molecule has 5 nitrogen and oxygen atoms in total. The highest BCUT2D eigenvalue weighted by molar-refractivity contribution is 5.75. The number of esters is 2. The van der Waals surface area contributed by atoms with Gasteiger partial charge in [-0.2, -0.15) is 0 Å². The predicted octanol–water partition coefficient (Wildman–Crippen LogP) is 1.91. The third kappa shape index (κ3) is 2.25. The molecule has 8 atom stereocenters. The van der Waals surface area contributed by atoms with Crippen LogP contribution in [0.3, 0.4) is 0 Å². The first-order valence-corrected chi connectivity index (χ1v) is 8.32. The molecule has 3 fully saturated rings. The Labute approximate surface area is 131 Å². The minimum absolute atomic E-state index is 0.0366. The number of ether oxygens (including phenoxy) is 2. The summed E-state index contributed by atoms with van der Waals surface area (Å²) in [5.41, 5.74) is -0.585. The van der Waals surface area contributed by atoms with Gasteiger partial charge in [0.2, 0.25) is 0 Å². The van der Waals surface area contributed by atoms with E-state index in [1.54, 1.807) is 0 Å². The van der Waals surface area contributed by atoms with Gasteiger partial charge < -0.3 is 14.6 Å². The molecule has 1 heterocycles. The van der Waals surface area contributed by atoms with E-state index in [1.165, 1.54) is 6.92 Å². The SMILES string of the molecule is CC(=O)O[C@]1(C)CCC2[C@H](C)C(=O)O[C@@H]2[C@H]2[C@H](C)[C@H](O)C[C@H]21. The zero-order chi connectivity index (χ0) is 16.2. The zero-order valence-electron chi connectivity index (χ0n) is 13.7. The summed E-state index contributed by atoms with van der Waals surface area (Å²) in [6.07, 6.45) is 1.55. The maximum Gasteiger partial charge on any atom is 0.309 e. The van der Waals surface area contributed by atoms with Crippen LogP contribution in [0.4, 0.5) is 0 Å². The summed E-state index contributed by atoms with van der Waals surface area (Å²) < 4.78 is 11.4. The van der Waals surface area contributed by atoms with Gasteiger partial charge in [0.25, 0.3) is 0 Å². The molecule has 5 heteroatoms. The molecule has 0 amide bonds. The Morgan fingerprint density at radius 3 is 2.73 bits per heavy atom. The number of hydrogen-bond donors (Lipinski definition) is 1. The van der Waals surface area contributed by atoms with Crippen LogP contribution in [0.15, 0.2) is 0 Å². The first-order valence-electron chi connectivity index (χ1n) is 8.32. The smallest absolute Gasteiger partial charge is 0.309 e. The Hall–Kier alpha value is -1.10. The molecule has 2 saturated carbocycles. The molecule has 22 heavy (non-hydrogen) atoms. The molecule has 0 aromatic heterocycles. The van der Waals surface area contributed by atoms with Gasteiger partial charge in [-0.1, -0.05) is 13.8 Å². The van der Waals surface area contributed by atoms with Gasteiger partial charge in [-0.25, -0.2) is 0 Å². The van der Waals surface area contributed by atoms with Crippen LogP contribution in [0.2, 0.25) is 0 Å². The van der Waals surface area contributed by atoms with Crippen molar-refractivity contribution in [3.63, 3.8) is 0 Å². The van der Waals surface area contributed by atoms with Crippen LogP contribution in [0.25, 0.3) is 0 Å². The molecule has 2 aliphatic carbocycles. The van der Waals surface area contributed by atoms with Crippen LogP contribution < -0.4 is 0 Å². The van der Waals surface area contributed by atoms with Gasteiger partial charge >= 0.3 is 11.9 Å². The molecule has 1 saturated heterocycles. The van der Waals surface area contributed by atoms with Crippen LogP contribution >= 0.6 is 0 Å². The van der Waals surface area contributed by atoms with Gasteiger partial charge in [-0.3, -0.25) is 9.59 Å². The maximum absolute atomic E-state index is 12.0. The first kappa shape index (κ1) is 15.8. The maximum atomic E-state index is 12.0. The molecule has 1 N–H and O–H groups in total. The van der Waals surface area contributed by atoms with Gasteiger partial charge in [0.1, 0.15) is 11.7 Å². The van der Waals surface area contributed by atoms with Crippen molar-refractivity contribution in [1.29, 1.82) is 0 Å². The van der Waals surface area contributed by atoms with E-state index in [4.69, 9.17) is 9.47 Å². The van der Waals surface area contributed by atoms with Crippen molar-refractivity contribution < 1.29 is 24.2 Å². The van der Waals surface area contributed by atoms with Gasteiger partial charge in [-0.15, -0.1) is 0 Å². The van der Waals surface area contributed by atoms with Crippen molar-refractivity contribution in [3.8, 4) is 0 Å². The number of hydrogen-bond acceptors (Lipinski definition) is 5. The molecule has 0 aromatic rings. The number of carbonyl (C=O) groups is 2. The second kappa shape index (κ2) is 5.22. The second-order valence-electron chi connectivity index (χ2n) is 7.65. The zero-order valence-corrected chi connectivity index (χ0v) is 13.7. The first-order chi connectivity index (χ1) is 10.2. The molecular formula is C17H26O5. The van der Waals surface area contributed by atoms with E-state index in [1.807, 2.05) is 20.8 Å². The molecule has 3 aliphatic rings. The highest BCUT2D eigenvalue weighted by Crippen LogP contribution is 2.55. The van der Waals surface area contributed by atoms with E-state index >= 15 is 0 Å². The number of carbonyl (C=O) groups excluding carboxylic acids is 2. The van der Waals surface area contributed by atoms with E-state index < -0.39 is 11.7 Å². The number of aliphatic hydroxyl groups excluding tert-OH is 1. The van der Waals surface area contributed by atoms with E-state index in [0.717, 1.165) is 12.8 Å². The van der Waals surface area contributed by atoms with Gasteiger partial charge in [-0.05, 0) is 32.1 Å². The quantitative estimate of drug-likeness (QED) is 0.749. The molecule has 0 aromatic carbocycles. The molecule has 124 valence electrons. The second-order valence-corrected chi connectivity index (χ2v) is 7.65. The summed E-state index contributed by atoms with van der Waals surface area (Å²) in [7, 11) is 0. The lowest BCUT2D eigenvalue weighted by Crippen LogP contribution is -2.43. The van der Waals surface area contributed by atoms with Gasteiger partial charge in [0, 0.05) is 24.7 Å². The van der Waals surface area contributed by atoms with Crippen LogP contribution in [0.5, 0.6) is 0 Å². The number of rotatable bonds is 1. The van der Waals surface area contributed by atoms with Crippen molar-refractivity contribution in [2.45, 2.75) is 64.8 Å². The summed E-state index contributed by atoms with van der Waals surface area (Å²) >= 11 is 0. The molecule has 1 unspecified atom stereocenters. The molecular weight excluding hydrogens is 284 g/mol. The van der Waals surface area contributed by atoms with Gasteiger partial charge in [0.05, 0.1) is 12.0 Å². The predicted molar refractivity (Wildman–Crippen MR) is 78.7 cm³/mol. The van der Waals surface area contributed by atoms with E-state index in [-0.39, 0.29) is 47.6 Å².